The lowest BCUT2D eigenvalue weighted by Crippen LogP contribution is -3.00. The van der Waals surface area contributed by atoms with Crippen molar-refractivity contribution in [3.8, 4) is 0 Å². The Kier molecular flexibility index (Phi) is 7.89. The Morgan fingerprint density at radius 1 is 1.14 bits per heavy atom. The number of carbonyl (C=O) groups is 1. The molecule has 1 heterocycles. The fourth-order valence-electron chi connectivity index (χ4n) is 1.65. The fraction of sp³-hybridized carbons (Fsp3) is 0.0625. The zero-order chi connectivity index (χ0) is 14.9. The molecule has 0 radical (unpaired) electrons. The first-order valence-corrected chi connectivity index (χ1v) is 6.80. The summed E-state index contributed by atoms with van der Waals surface area (Å²) in [4.78, 5) is 11.6. The Balaban J connectivity index is 0.00000242. The molecule has 1 aromatic carbocycles. The maximum atomic E-state index is 11.6. The zero-order valence-corrected chi connectivity index (χ0v) is 13.2. The van der Waals surface area contributed by atoms with E-state index in [-0.39, 0.29) is 24.9 Å². The second-order valence-electron chi connectivity index (χ2n) is 4.28. The van der Waals surface area contributed by atoms with Gasteiger partial charge in [-0.1, -0.05) is 48.0 Å². The number of aromatic nitrogens is 1. The van der Waals surface area contributed by atoms with E-state index in [4.69, 9.17) is 11.6 Å². The third kappa shape index (κ3) is 6.52. The molecule has 0 bridgehead atoms. The number of rotatable bonds is 5. The predicted octanol–water partition coefficient (Wildman–Crippen LogP) is -0.640. The minimum absolute atomic E-state index is 0. The Morgan fingerprint density at radius 3 is 2.45 bits per heavy atom. The van der Waals surface area contributed by atoms with Crippen molar-refractivity contribution < 1.29 is 21.8 Å². The average molecular weight is 336 g/mol. The lowest BCUT2D eigenvalue weighted by molar-refractivity contribution is -0.684. The molecule has 0 fully saturated rings. The molecule has 1 amide bonds. The molecule has 2 aromatic rings. The zero-order valence-electron chi connectivity index (χ0n) is 11.7. The number of nitrogens with zero attached hydrogens (tertiary/aromatic N) is 2. The van der Waals surface area contributed by atoms with Gasteiger partial charge >= 0.3 is 5.91 Å². The topological polar surface area (TPSA) is 45.3 Å². The number of hydrogen-bond acceptors (Lipinski definition) is 2. The Hall–Kier alpha value is -2.17. The van der Waals surface area contributed by atoms with Gasteiger partial charge in [0.1, 0.15) is 0 Å². The summed E-state index contributed by atoms with van der Waals surface area (Å²) < 4.78 is 1.76. The predicted molar refractivity (Wildman–Crippen MR) is 83.5 cm³/mol. The summed E-state index contributed by atoms with van der Waals surface area (Å²) in [6.07, 6.45) is 6.79. The van der Waals surface area contributed by atoms with Crippen molar-refractivity contribution >= 4 is 29.8 Å². The lowest BCUT2D eigenvalue weighted by atomic mass is 10.2. The van der Waals surface area contributed by atoms with Crippen LogP contribution in [0, 0.1) is 0 Å². The van der Waals surface area contributed by atoms with Crippen LogP contribution in [0.1, 0.15) is 5.56 Å². The normalized spacial score (nSPS) is 11.0. The van der Waals surface area contributed by atoms with Gasteiger partial charge < -0.3 is 12.4 Å². The second-order valence-corrected chi connectivity index (χ2v) is 4.72. The molecule has 0 unspecified atom stereocenters. The van der Waals surface area contributed by atoms with E-state index in [1.165, 1.54) is 6.21 Å². The van der Waals surface area contributed by atoms with E-state index in [1.54, 1.807) is 10.6 Å². The van der Waals surface area contributed by atoms with Crippen LogP contribution in [0.2, 0.25) is 0 Å². The number of benzene rings is 1. The summed E-state index contributed by atoms with van der Waals surface area (Å²) in [6.45, 7) is 0.207. The Morgan fingerprint density at radius 2 is 1.77 bits per heavy atom. The Bertz CT molecular complexity index is 643. The highest BCUT2D eigenvalue weighted by Crippen LogP contribution is 2.07. The van der Waals surface area contributed by atoms with E-state index in [9.17, 15) is 4.79 Å². The molecule has 0 aliphatic rings. The minimum atomic E-state index is -0.216. The highest BCUT2D eigenvalue weighted by Gasteiger charge is 2.06. The van der Waals surface area contributed by atoms with Crippen molar-refractivity contribution in [2.45, 2.75) is 6.54 Å². The summed E-state index contributed by atoms with van der Waals surface area (Å²) in [7, 11) is 0. The summed E-state index contributed by atoms with van der Waals surface area (Å²) in [5, 5.41) is 4.26. The smallest absolute Gasteiger partial charge is 0.305 e. The van der Waals surface area contributed by atoms with Crippen molar-refractivity contribution in [2.24, 2.45) is 5.10 Å². The van der Waals surface area contributed by atoms with Crippen molar-refractivity contribution in [3.05, 3.63) is 71.5 Å². The molecule has 4 nitrogen and oxygen atoms in total. The lowest BCUT2D eigenvalue weighted by Gasteiger charge is -1.96. The van der Waals surface area contributed by atoms with Crippen LogP contribution in [-0.4, -0.2) is 12.1 Å². The van der Waals surface area contributed by atoms with Crippen LogP contribution in [-0.2, 0) is 11.3 Å². The fourth-order valence-corrected chi connectivity index (χ4v) is 1.83. The summed E-state index contributed by atoms with van der Waals surface area (Å²) in [5.74, 6) is -0.216. The van der Waals surface area contributed by atoms with Gasteiger partial charge in [-0.05, 0) is 11.6 Å². The van der Waals surface area contributed by atoms with Gasteiger partial charge in [0, 0.05) is 12.1 Å². The van der Waals surface area contributed by atoms with E-state index in [0.29, 0.717) is 5.03 Å². The number of hydrogen-bond donors (Lipinski definition) is 1. The van der Waals surface area contributed by atoms with Crippen LogP contribution in [0.5, 0.6) is 0 Å². The number of allylic oxidation sites excluding steroid dienone is 1. The summed E-state index contributed by atoms with van der Waals surface area (Å²) in [5.41, 5.74) is 3.40. The van der Waals surface area contributed by atoms with E-state index < -0.39 is 0 Å². The number of nitrogens with one attached hydrogen (secondary N) is 1. The summed E-state index contributed by atoms with van der Waals surface area (Å²) >= 11 is 6.01. The highest BCUT2D eigenvalue weighted by atomic mass is 35.5. The van der Waals surface area contributed by atoms with Crippen molar-refractivity contribution in [1.82, 2.24) is 5.43 Å². The van der Waals surface area contributed by atoms with Gasteiger partial charge in [0.25, 0.3) is 0 Å². The van der Waals surface area contributed by atoms with Crippen LogP contribution in [0.25, 0.3) is 6.08 Å². The van der Waals surface area contributed by atoms with Crippen molar-refractivity contribution in [3.63, 3.8) is 0 Å². The summed E-state index contributed by atoms with van der Waals surface area (Å²) in [6, 6.07) is 15.2. The van der Waals surface area contributed by atoms with Gasteiger partial charge in [0.05, 0.1) is 11.2 Å². The molecule has 0 saturated carbocycles. The molecule has 6 heteroatoms. The molecule has 2 rings (SSSR count). The van der Waals surface area contributed by atoms with Gasteiger partial charge in [-0.25, -0.2) is 5.43 Å². The largest absolute Gasteiger partial charge is 1.00 e. The first-order chi connectivity index (χ1) is 10.2. The van der Waals surface area contributed by atoms with Gasteiger partial charge in [-0.3, -0.25) is 4.79 Å². The molecule has 114 valence electrons. The van der Waals surface area contributed by atoms with E-state index >= 15 is 0 Å². The number of carbonyl (C=O) groups excluding carboxylic acids is 1. The van der Waals surface area contributed by atoms with Crippen molar-refractivity contribution in [1.29, 1.82) is 0 Å². The van der Waals surface area contributed by atoms with E-state index in [1.807, 2.05) is 60.9 Å². The quantitative estimate of drug-likeness (QED) is 0.441. The minimum Gasteiger partial charge on any atom is -1.00 e. The first-order valence-electron chi connectivity index (χ1n) is 6.42. The molecule has 0 spiro atoms. The Labute approximate surface area is 140 Å². The van der Waals surface area contributed by atoms with Crippen LogP contribution < -0.4 is 22.4 Å². The number of pyridine rings is 1. The van der Waals surface area contributed by atoms with E-state index in [0.717, 1.165) is 5.56 Å². The SMILES string of the molecule is O=C(C[n+]1ccccc1)N/N=C/C(Cl)=C/c1ccccc1.[Cl-]. The second kappa shape index (κ2) is 9.71. The molecular weight excluding hydrogens is 321 g/mol. The number of halogens is 2. The maximum Gasteiger partial charge on any atom is 0.305 e. The number of amides is 1. The van der Waals surface area contributed by atoms with E-state index in [2.05, 4.69) is 10.5 Å². The molecule has 1 aromatic heterocycles. The first kappa shape index (κ1) is 17.9. The third-order valence-corrected chi connectivity index (χ3v) is 2.79. The molecule has 0 saturated heterocycles. The van der Waals surface area contributed by atoms with Crippen LogP contribution >= 0.6 is 11.6 Å². The molecular formula is C16H15Cl2N3O. The van der Waals surface area contributed by atoms with Crippen molar-refractivity contribution in [2.75, 3.05) is 0 Å². The molecule has 22 heavy (non-hydrogen) atoms. The van der Waals surface area contributed by atoms with Gasteiger partial charge in [0.2, 0.25) is 6.54 Å². The van der Waals surface area contributed by atoms with Crippen LogP contribution in [0.15, 0.2) is 71.1 Å². The number of hydrazone groups is 1. The average Bonchev–Trinajstić information content (AvgIpc) is 2.49. The highest BCUT2D eigenvalue weighted by molar-refractivity contribution is 6.41. The van der Waals surface area contributed by atoms with Crippen LogP contribution in [0.4, 0.5) is 0 Å². The maximum absolute atomic E-state index is 11.6. The molecule has 0 atom stereocenters. The van der Waals surface area contributed by atoms with Gasteiger partial charge in [-0.15, -0.1) is 0 Å². The monoisotopic (exact) mass is 335 g/mol. The van der Waals surface area contributed by atoms with Gasteiger partial charge in [-0.2, -0.15) is 9.67 Å². The molecule has 0 aliphatic heterocycles. The third-order valence-electron chi connectivity index (χ3n) is 2.58. The molecule has 1 N–H and O–H groups in total. The molecule has 0 aliphatic carbocycles. The van der Waals surface area contributed by atoms with Crippen LogP contribution in [0.3, 0.4) is 0 Å². The van der Waals surface area contributed by atoms with Gasteiger partial charge in [0.15, 0.2) is 12.4 Å². The standard InChI is InChI=1S/C16H14ClN3O.ClH/c17-15(11-14-7-3-1-4-8-14)12-18-19-16(21)13-20-9-5-2-6-10-20;/h1-12H,13H2;1H/b15-11-,18-12+;.